The summed E-state index contributed by atoms with van der Waals surface area (Å²) in [5.41, 5.74) is 1.61. The van der Waals surface area contributed by atoms with Gasteiger partial charge in [-0.2, -0.15) is 0 Å². The molecule has 196 valence electrons. The lowest BCUT2D eigenvalue weighted by molar-refractivity contribution is -0.139. The molecule has 0 aromatic heterocycles. The molecule has 1 N–H and O–H groups in total. The van der Waals surface area contributed by atoms with Crippen LogP contribution in [0.15, 0.2) is 72.8 Å². The van der Waals surface area contributed by atoms with Gasteiger partial charge in [0.25, 0.3) is 0 Å². The highest BCUT2D eigenvalue weighted by molar-refractivity contribution is 7.92. The van der Waals surface area contributed by atoms with Gasteiger partial charge in [0, 0.05) is 20.0 Å². The Morgan fingerprint density at radius 1 is 0.865 bits per heavy atom. The van der Waals surface area contributed by atoms with E-state index in [0.29, 0.717) is 15.6 Å². The Kier molecular flexibility index (Phi) is 9.84. The van der Waals surface area contributed by atoms with E-state index in [1.165, 1.54) is 24.1 Å². The molecule has 0 spiro atoms. The lowest BCUT2D eigenvalue weighted by Crippen LogP contribution is -2.52. The van der Waals surface area contributed by atoms with Crippen molar-refractivity contribution in [2.75, 3.05) is 24.2 Å². The number of halogens is 3. The van der Waals surface area contributed by atoms with Gasteiger partial charge in [-0.05, 0) is 35.4 Å². The average molecular weight is 583 g/mol. The SMILES string of the molecule is CNC(=O)[C@H](Cc1ccccc1)N(Cc1ccc(Cl)c(Cl)c1)C(=O)CN(c1ccccc1Cl)S(C)(=O)=O. The number of carbonyl (C=O) groups excluding carboxylic acids is 2. The van der Waals surface area contributed by atoms with Crippen LogP contribution in [-0.4, -0.2) is 51.0 Å². The van der Waals surface area contributed by atoms with Crippen molar-refractivity contribution in [2.24, 2.45) is 0 Å². The summed E-state index contributed by atoms with van der Waals surface area (Å²) in [5, 5.41) is 3.43. The zero-order valence-corrected chi connectivity index (χ0v) is 23.3. The van der Waals surface area contributed by atoms with Crippen LogP contribution in [0.1, 0.15) is 11.1 Å². The monoisotopic (exact) mass is 581 g/mol. The smallest absolute Gasteiger partial charge is 0.244 e. The van der Waals surface area contributed by atoms with Gasteiger partial charge in [-0.3, -0.25) is 13.9 Å². The summed E-state index contributed by atoms with van der Waals surface area (Å²) in [5.74, 6) is -0.998. The molecule has 0 aliphatic heterocycles. The molecular weight excluding hydrogens is 557 g/mol. The van der Waals surface area contributed by atoms with Crippen LogP contribution in [0.2, 0.25) is 15.1 Å². The molecular formula is C26H26Cl3N3O4S. The van der Waals surface area contributed by atoms with Crippen molar-refractivity contribution in [3.8, 4) is 0 Å². The van der Waals surface area contributed by atoms with Crippen molar-refractivity contribution in [1.29, 1.82) is 0 Å². The molecule has 3 aromatic carbocycles. The number of nitrogens with one attached hydrogen (secondary N) is 1. The Morgan fingerprint density at radius 3 is 2.11 bits per heavy atom. The lowest BCUT2D eigenvalue weighted by atomic mass is 10.0. The first-order chi connectivity index (χ1) is 17.5. The molecule has 0 aliphatic carbocycles. The predicted molar refractivity (Wildman–Crippen MR) is 149 cm³/mol. The average Bonchev–Trinajstić information content (AvgIpc) is 2.86. The number of sulfonamides is 1. The van der Waals surface area contributed by atoms with E-state index in [9.17, 15) is 18.0 Å². The van der Waals surface area contributed by atoms with Gasteiger partial charge in [-0.15, -0.1) is 0 Å². The largest absolute Gasteiger partial charge is 0.357 e. The fraction of sp³-hybridized carbons (Fsp3) is 0.231. The van der Waals surface area contributed by atoms with Crippen molar-refractivity contribution >= 4 is 62.3 Å². The number of anilines is 1. The third-order valence-electron chi connectivity index (χ3n) is 5.65. The highest BCUT2D eigenvalue weighted by atomic mass is 35.5. The van der Waals surface area contributed by atoms with Crippen molar-refractivity contribution in [3.63, 3.8) is 0 Å². The number of amides is 2. The van der Waals surface area contributed by atoms with Crippen LogP contribution in [0.25, 0.3) is 0 Å². The van der Waals surface area contributed by atoms with Gasteiger partial charge in [-0.1, -0.05) is 83.3 Å². The van der Waals surface area contributed by atoms with Crippen molar-refractivity contribution in [1.82, 2.24) is 10.2 Å². The number of nitrogens with zero attached hydrogens (tertiary/aromatic N) is 2. The Bertz CT molecular complexity index is 1370. The summed E-state index contributed by atoms with van der Waals surface area (Å²) in [4.78, 5) is 28.3. The molecule has 0 saturated heterocycles. The normalized spacial score (nSPS) is 12.0. The molecule has 7 nitrogen and oxygen atoms in total. The second kappa shape index (κ2) is 12.6. The Morgan fingerprint density at radius 2 is 1.51 bits per heavy atom. The fourth-order valence-corrected chi connectivity index (χ4v) is 5.27. The quantitative estimate of drug-likeness (QED) is 0.372. The van der Waals surface area contributed by atoms with Gasteiger partial charge in [0.05, 0.1) is 27.0 Å². The van der Waals surface area contributed by atoms with Crippen molar-refractivity contribution in [3.05, 3.63) is 99.0 Å². The van der Waals surface area contributed by atoms with Crippen LogP contribution < -0.4 is 9.62 Å². The number of likely N-dealkylation sites (N-methyl/N-ethyl adjacent to an activating group) is 1. The molecule has 37 heavy (non-hydrogen) atoms. The third-order valence-corrected chi connectivity index (χ3v) is 7.84. The lowest BCUT2D eigenvalue weighted by Gasteiger charge is -2.33. The molecule has 1 atom stereocenters. The van der Waals surface area contributed by atoms with E-state index in [-0.39, 0.29) is 23.7 Å². The number of hydrogen-bond acceptors (Lipinski definition) is 4. The fourth-order valence-electron chi connectivity index (χ4n) is 3.80. The number of hydrogen-bond donors (Lipinski definition) is 1. The minimum atomic E-state index is -3.90. The first kappa shape index (κ1) is 28.8. The number of rotatable bonds is 10. The van der Waals surface area contributed by atoms with Crippen LogP contribution in [0, 0.1) is 0 Å². The van der Waals surface area contributed by atoms with Gasteiger partial charge in [0.2, 0.25) is 21.8 Å². The third kappa shape index (κ3) is 7.61. The minimum absolute atomic E-state index is 0.0131. The molecule has 0 unspecified atom stereocenters. The summed E-state index contributed by atoms with van der Waals surface area (Å²) in [7, 11) is -2.42. The predicted octanol–water partition coefficient (Wildman–Crippen LogP) is 4.80. The summed E-state index contributed by atoms with van der Waals surface area (Å²) in [6.45, 7) is -0.576. The van der Waals surface area contributed by atoms with E-state index in [2.05, 4.69) is 5.32 Å². The summed E-state index contributed by atoms with van der Waals surface area (Å²) in [6.07, 6.45) is 1.20. The second-order valence-electron chi connectivity index (χ2n) is 8.31. The number of carbonyl (C=O) groups is 2. The second-order valence-corrected chi connectivity index (χ2v) is 11.4. The molecule has 0 aliphatic rings. The van der Waals surface area contributed by atoms with E-state index in [1.54, 1.807) is 30.3 Å². The van der Waals surface area contributed by atoms with Gasteiger partial charge >= 0.3 is 0 Å². The molecule has 0 bridgehead atoms. The first-order valence-corrected chi connectivity index (χ1v) is 14.2. The molecule has 3 rings (SSSR count). The van der Waals surface area contributed by atoms with E-state index >= 15 is 0 Å². The first-order valence-electron chi connectivity index (χ1n) is 11.2. The summed E-state index contributed by atoms with van der Waals surface area (Å²) >= 11 is 18.5. The Balaban J connectivity index is 2.05. The molecule has 11 heteroatoms. The van der Waals surface area contributed by atoms with Gasteiger partial charge < -0.3 is 10.2 Å². The maximum atomic E-state index is 13.8. The van der Waals surface area contributed by atoms with Crippen LogP contribution in [0.3, 0.4) is 0 Å². The molecule has 0 heterocycles. The number of para-hydroxylation sites is 1. The van der Waals surface area contributed by atoms with E-state index < -0.39 is 34.4 Å². The summed E-state index contributed by atoms with van der Waals surface area (Å²) < 4.78 is 26.4. The van der Waals surface area contributed by atoms with Crippen molar-refractivity contribution < 1.29 is 18.0 Å². The van der Waals surface area contributed by atoms with Gasteiger partial charge in [-0.25, -0.2) is 8.42 Å². The highest BCUT2D eigenvalue weighted by Crippen LogP contribution is 2.28. The molecule has 0 saturated carbocycles. The Labute approximate surface area is 232 Å². The molecule has 0 radical (unpaired) electrons. The highest BCUT2D eigenvalue weighted by Gasteiger charge is 2.33. The van der Waals surface area contributed by atoms with Crippen molar-refractivity contribution in [2.45, 2.75) is 19.0 Å². The minimum Gasteiger partial charge on any atom is -0.357 e. The maximum Gasteiger partial charge on any atom is 0.244 e. The standard InChI is InChI=1S/C26H26Cl3N3O4S/c1-30-26(34)24(15-18-8-4-3-5-9-18)31(16-19-12-13-20(27)22(29)14-19)25(33)17-32(37(2,35)36)23-11-7-6-10-21(23)28/h3-14,24H,15-17H2,1-2H3,(H,30,34)/t24-/m0/s1. The van der Waals surface area contributed by atoms with Crippen LogP contribution in [-0.2, 0) is 32.6 Å². The maximum absolute atomic E-state index is 13.8. The zero-order valence-electron chi connectivity index (χ0n) is 20.2. The summed E-state index contributed by atoms with van der Waals surface area (Å²) in [6, 6.07) is 19.5. The van der Waals surface area contributed by atoms with Gasteiger partial charge in [0.15, 0.2) is 0 Å². The van der Waals surface area contributed by atoms with Crippen LogP contribution in [0.5, 0.6) is 0 Å². The van der Waals surface area contributed by atoms with E-state index in [0.717, 1.165) is 16.1 Å². The van der Waals surface area contributed by atoms with Gasteiger partial charge in [0.1, 0.15) is 12.6 Å². The van der Waals surface area contributed by atoms with Crippen LogP contribution in [0.4, 0.5) is 5.69 Å². The topological polar surface area (TPSA) is 86.8 Å². The molecule has 3 aromatic rings. The van der Waals surface area contributed by atoms with E-state index in [1.807, 2.05) is 30.3 Å². The number of benzene rings is 3. The zero-order chi connectivity index (χ0) is 27.2. The van der Waals surface area contributed by atoms with E-state index in [4.69, 9.17) is 34.8 Å². The molecule has 2 amide bonds. The Hall–Kier alpha value is -2.78. The van der Waals surface area contributed by atoms with Crippen LogP contribution >= 0.6 is 34.8 Å². The molecule has 0 fully saturated rings.